The van der Waals surface area contributed by atoms with E-state index in [2.05, 4.69) is 92.4 Å². The van der Waals surface area contributed by atoms with E-state index in [-0.39, 0.29) is 11.0 Å². The maximum Gasteiger partial charge on any atom is 0.393 e. The molecule has 262 valence electrons. The van der Waals surface area contributed by atoms with Gasteiger partial charge in [-0.1, -0.05) is 148 Å². The number of carbonyl (C=O) groups is 1. The van der Waals surface area contributed by atoms with Crippen molar-refractivity contribution in [3.8, 4) is 33.4 Å². The Morgan fingerprint density at radius 1 is 0.712 bits per heavy atom. The molecule has 0 radical (unpaired) electrons. The lowest BCUT2D eigenvalue weighted by molar-refractivity contribution is -0.137. The van der Waals surface area contributed by atoms with Gasteiger partial charge in [0.1, 0.15) is 0 Å². The van der Waals surface area contributed by atoms with E-state index in [1.165, 1.54) is 33.9 Å². The molecule has 0 aromatic heterocycles. The fourth-order valence-corrected chi connectivity index (χ4v) is 8.32. The van der Waals surface area contributed by atoms with Crippen molar-refractivity contribution in [3.63, 3.8) is 0 Å². The average Bonchev–Trinajstić information content (AvgIpc) is 3.44. The summed E-state index contributed by atoms with van der Waals surface area (Å²) < 4.78 is 44.8. The van der Waals surface area contributed by atoms with E-state index < -0.39 is 18.6 Å². The Bertz CT molecular complexity index is 2260. The highest BCUT2D eigenvalue weighted by Crippen LogP contribution is 2.57. The van der Waals surface area contributed by atoms with Crippen LogP contribution in [0.4, 0.5) is 13.2 Å². The van der Waals surface area contributed by atoms with Gasteiger partial charge < -0.3 is 4.74 Å². The largest absolute Gasteiger partial charge is 0.463 e. The van der Waals surface area contributed by atoms with E-state index in [1.807, 2.05) is 24.3 Å². The summed E-state index contributed by atoms with van der Waals surface area (Å²) in [6.45, 7) is 10.7. The number of allylic oxidation sites excluding steroid dienone is 1. The van der Waals surface area contributed by atoms with Crippen LogP contribution >= 0.6 is 0 Å². The van der Waals surface area contributed by atoms with Crippen molar-refractivity contribution in [2.75, 3.05) is 6.61 Å². The number of esters is 1. The number of hydrogen-bond acceptors (Lipinski definition) is 2. The molecular formula is C47H41F3O2. The summed E-state index contributed by atoms with van der Waals surface area (Å²) in [6, 6.07) is 39.0. The number of ether oxygens (including phenoxy) is 1. The summed E-state index contributed by atoms with van der Waals surface area (Å²) in [6.07, 6.45) is 0.320. The smallest absolute Gasteiger partial charge is 0.393 e. The van der Waals surface area contributed by atoms with Crippen molar-refractivity contribution in [2.24, 2.45) is 0 Å². The van der Waals surface area contributed by atoms with Crippen LogP contribution < -0.4 is 0 Å². The number of fused-ring (bicyclic) bond motifs is 5. The standard InChI is InChI=1S/C47H41F3O2/c1-4-31(3)46(27-13-6-14-28-52-43(51)5-2)41-20-12-11-15-35(41)36-26-25-34(29-42(36)46)45-39-18-9-7-16-37(39)44(38-17-8-10-19-40(38)45)33-23-21-32(22-24-33)30-47(48,49)50/h5,7-12,15-26,29H,2-4,6,13-14,27-28,30H2,1H3. The number of unbranched alkanes of at least 4 members (excludes halogenated alkanes) is 2. The number of carbonyl (C=O) groups excluding carboxylic acids is 1. The molecule has 0 saturated carbocycles. The SMILES string of the molecule is C=CC(=O)OCCCCCC1(C(=C)CC)c2ccccc2-c2ccc(-c3c4ccccc4c(-c4ccc(CC(F)(F)F)cc4)c4ccccc34)cc21. The van der Waals surface area contributed by atoms with Crippen LogP contribution in [0.15, 0.2) is 140 Å². The molecular weight excluding hydrogens is 654 g/mol. The summed E-state index contributed by atoms with van der Waals surface area (Å²) in [5.74, 6) is -0.395. The summed E-state index contributed by atoms with van der Waals surface area (Å²) in [5.41, 5.74) is 10.2. The van der Waals surface area contributed by atoms with Crippen LogP contribution in [0, 0.1) is 0 Å². The van der Waals surface area contributed by atoms with Crippen LogP contribution in [0.2, 0.25) is 0 Å². The van der Waals surface area contributed by atoms with Crippen molar-refractivity contribution < 1.29 is 22.7 Å². The quantitative estimate of drug-likeness (QED) is 0.0419. The number of rotatable bonds is 12. The molecule has 0 fully saturated rings. The van der Waals surface area contributed by atoms with Crippen molar-refractivity contribution in [1.29, 1.82) is 0 Å². The second-order valence-electron chi connectivity index (χ2n) is 13.7. The van der Waals surface area contributed by atoms with Gasteiger partial charge in [-0.3, -0.25) is 0 Å². The van der Waals surface area contributed by atoms with E-state index in [9.17, 15) is 18.0 Å². The lowest BCUT2D eigenvalue weighted by Gasteiger charge is -2.35. The van der Waals surface area contributed by atoms with E-state index in [0.717, 1.165) is 75.9 Å². The first-order valence-electron chi connectivity index (χ1n) is 18.0. The molecule has 0 bridgehead atoms. The van der Waals surface area contributed by atoms with Gasteiger partial charge in [-0.25, -0.2) is 4.79 Å². The molecule has 5 heteroatoms. The predicted molar refractivity (Wildman–Crippen MR) is 207 cm³/mol. The zero-order valence-corrected chi connectivity index (χ0v) is 29.4. The molecule has 1 unspecified atom stereocenters. The van der Waals surface area contributed by atoms with Gasteiger partial charge in [-0.15, -0.1) is 0 Å². The molecule has 0 spiro atoms. The van der Waals surface area contributed by atoms with Crippen molar-refractivity contribution >= 4 is 27.5 Å². The summed E-state index contributed by atoms with van der Waals surface area (Å²) in [5, 5.41) is 4.26. The minimum atomic E-state index is -4.26. The molecule has 0 heterocycles. The van der Waals surface area contributed by atoms with Gasteiger partial charge >= 0.3 is 12.1 Å². The minimum absolute atomic E-state index is 0.244. The third-order valence-electron chi connectivity index (χ3n) is 10.7. The molecule has 7 rings (SSSR count). The van der Waals surface area contributed by atoms with Gasteiger partial charge in [0.05, 0.1) is 13.0 Å². The van der Waals surface area contributed by atoms with Gasteiger partial charge in [0.2, 0.25) is 0 Å². The number of halogens is 3. The molecule has 52 heavy (non-hydrogen) atoms. The first-order chi connectivity index (χ1) is 25.2. The number of alkyl halides is 3. The fourth-order valence-electron chi connectivity index (χ4n) is 8.32. The minimum Gasteiger partial charge on any atom is -0.463 e. The fraction of sp³-hybridized carbons (Fsp3) is 0.213. The van der Waals surface area contributed by atoms with E-state index in [1.54, 1.807) is 12.1 Å². The zero-order valence-electron chi connectivity index (χ0n) is 29.4. The Morgan fingerprint density at radius 3 is 1.87 bits per heavy atom. The highest BCUT2D eigenvalue weighted by Gasteiger charge is 2.44. The zero-order chi connectivity index (χ0) is 36.5. The first-order valence-corrected chi connectivity index (χ1v) is 18.0. The first kappa shape index (κ1) is 35.0. The van der Waals surface area contributed by atoms with Crippen LogP contribution in [0.3, 0.4) is 0 Å². The molecule has 2 nitrogen and oxygen atoms in total. The molecule has 1 aliphatic rings. The Morgan fingerprint density at radius 2 is 1.27 bits per heavy atom. The summed E-state index contributed by atoms with van der Waals surface area (Å²) in [4.78, 5) is 11.6. The Hall–Kier alpha value is -5.42. The van der Waals surface area contributed by atoms with Crippen LogP contribution in [-0.2, 0) is 21.4 Å². The molecule has 0 N–H and O–H groups in total. The molecule has 1 atom stereocenters. The van der Waals surface area contributed by atoms with Crippen molar-refractivity contribution in [3.05, 3.63) is 157 Å². The van der Waals surface area contributed by atoms with Gasteiger partial charge in [-0.05, 0) is 96.9 Å². The van der Waals surface area contributed by atoms with Crippen molar-refractivity contribution in [1.82, 2.24) is 0 Å². The van der Waals surface area contributed by atoms with Gasteiger partial charge in [0.15, 0.2) is 0 Å². The predicted octanol–water partition coefficient (Wildman–Crippen LogP) is 13.0. The highest BCUT2D eigenvalue weighted by atomic mass is 19.4. The third kappa shape index (κ3) is 6.34. The van der Waals surface area contributed by atoms with Gasteiger partial charge in [0, 0.05) is 11.5 Å². The van der Waals surface area contributed by atoms with E-state index in [0.29, 0.717) is 6.61 Å². The summed E-state index contributed by atoms with van der Waals surface area (Å²) >= 11 is 0. The maximum atomic E-state index is 13.2. The molecule has 0 aliphatic heterocycles. The van der Waals surface area contributed by atoms with Gasteiger partial charge in [-0.2, -0.15) is 13.2 Å². The Balaban J connectivity index is 1.37. The van der Waals surface area contributed by atoms with Crippen molar-refractivity contribution in [2.45, 2.75) is 57.0 Å². The molecule has 6 aromatic carbocycles. The van der Waals surface area contributed by atoms with E-state index in [4.69, 9.17) is 11.3 Å². The molecule has 0 saturated heterocycles. The normalized spacial score (nSPS) is 15.0. The van der Waals surface area contributed by atoms with Crippen LogP contribution in [0.25, 0.3) is 54.9 Å². The molecule has 6 aromatic rings. The molecule has 0 amide bonds. The topological polar surface area (TPSA) is 26.3 Å². The van der Waals surface area contributed by atoms with Crippen LogP contribution in [-0.4, -0.2) is 18.8 Å². The average molecular weight is 695 g/mol. The van der Waals surface area contributed by atoms with E-state index >= 15 is 0 Å². The monoisotopic (exact) mass is 694 g/mol. The third-order valence-corrected chi connectivity index (χ3v) is 10.7. The number of hydrogen-bond donors (Lipinski definition) is 0. The Kier molecular flexibility index (Phi) is 9.63. The second kappa shape index (κ2) is 14.3. The highest BCUT2D eigenvalue weighted by molar-refractivity contribution is 6.21. The lowest BCUT2D eigenvalue weighted by atomic mass is 9.68. The molecule has 1 aliphatic carbocycles. The van der Waals surface area contributed by atoms with Crippen LogP contribution in [0.1, 0.15) is 55.7 Å². The van der Waals surface area contributed by atoms with Gasteiger partial charge in [0.25, 0.3) is 0 Å². The Labute approximate surface area is 303 Å². The maximum absolute atomic E-state index is 13.2. The summed E-state index contributed by atoms with van der Waals surface area (Å²) in [7, 11) is 0. The number of benzene rings is 6. The lowest BCUT2D eigenvalue weighted by Crippen LogP contribution is -2.27. The van der Waals surface area contributed by atoms with Crippen LogP contribution in [0.5, 0.6) is 0 Å². The second-order valence-corrected chi connectivity index (χ2v) is 13.7.